The molecule has 2 rings (SSSR count). The lowest BCUT2D eigenvalue weighted by molar-refractivity contribution is -0.121. The lowest BCUT2D eigenvalue weighted by Gasteiger charge is -2.31. The number of dihydropyridines is 1. The first kappa shape index (κ1) is 23.8. The van der Waals surface area contributed by atoms with Gasteiger partial charge in [0.2, 0.25) is 5.91 Å². The Hall–Kier alpha value is -2.45. The molecule has 1 amide bonds. The number of likely N-dealkylation sites (N-methyl/N-ethyl adjacent to an activating group) is 1. The topological polar surface area (TPSA) is 105 Å². The van der Waals surface area contributed by atoms with Gasteiger partial charge >= 0.3 is 0 Å². The number of nitrogens with two attached hydrogens (primary N) is 1. The van der Waals surface area contributed by atoms with Crippen LogP contribution in [-0.2, 0) is 14.6 Å². The second-order valence-corrected chi connectivity index (χ2v) is 9.99. The van der Waals surface area contributed by atoms with Gasteiger partial charge in [0.05, 0.1) is 12.1 Å². The van der Waals surface area contributed by atoms with Gasteiger partial charge in [-0.2, -0.15) is 0 Å². The number of amidine groups is 1. The number of carbonyl (C=O) groups is 1. The summed E-state index contributed by atoms with van der Waals surface area (Å²) in [4.78, 5) is 19.3. The standard InChI is InChI=1S/C22H32N4O3S/c1-7-8-17(16(4)30(6,28)29)13-26(5)21-12-20(25-22(27)15(3)23)18-11-14(2)9-10-19(18)24-21/h7-9,11-12,15,19H,10,13,23H2,1-6H3,(H,25,27). The molecule has 0 aromatic carbocycles. The number of fused-ring (bicyclic) bond motifs is 1. The number of nitrogens with zero attached hydrogens (tertiary/aromatic N) is 2. The average Bonchev–Trinajstić information content (AvgIpc) is 2.66. The van der Waals surface area contributed by atoms with E-state index in [4.69, 9.17) is 10.7 Å². The van der Waals surface area contributed by atoms with Crippen LogP contribution >= 0.6 is 0 Å². The third-order valence-electron chi connectivity index (χ3n) is 5.12. The molecule has 0 bridgehead atoms. The summed E-state index contributed by atoms with van der Waals surface area (Å²) < 4.78 is 24.1. The van der Waals surface area contributed by atoms with Gasteiger partial charge in [0, 0.05) is 42.1 Å². The number of sulfone groups is 1. The molecule has 0 saturated carbocycles. The molecule has 2 unspecified atom stereocenters. The monoisotopic (exact) mass is 432 g/mol. The van der Waals surface area contributed by atoms with Gasteiger partial charge in [-0.05, 0) is 39.7 Å². The fraction of sp³-hybridized carbons (Fsp3) is 0.455. The molecule has 1 aliphatic heterocycles. The largest absolute Gasteiger partial charge is 0.356 e. The van der Waals surface area contributed by atoms with Crippen molar-refractivity contribution in [2.24, 2.45) is 10.7 Å². The lowest BCUT2D eigenvalue weighted by atomic mass is 9.91. The highest BCUT2D eigenvalue weighted by molar-refractivity contribution is 7.94. The van der Waals surface area contributed by atoms with Crippen molar-refractivity contribution < 1.29 is 13.2 Å². The van der Waals surface area contributed by atoms with Crippen LogP contribution < -0.4 is 11.1 Å². The van der Waals surface area contributed by atoms with Gasteiger partial charge in [0.25, 0.3) is 0 Å². The molecule has 0 radical (unpaired) electrons. The van der Waals surface area contributed by atoms with Gasteiger partial charge in [0.15, 0.2) is 9.84 Å². The van der Waals surface area contributed by atoms with Gasteiger partial charge in [-0.3, -0.25) is 9.79 Å². The second kappa shape index (κ2) is 9.57. The van der Waals surface area contributed by atoms with Crippen LogP contribution in [-0.4, -0.2) is 57.0 Å². The number of allylic oxidation sites excluding steroid dienone is 4. The van der Waals surface area contributed by atoms with E-state index in [0.717, 1.165) is 17.6 Å². The summed E-state index contributed by atoms with van der Waals surface area (Å²) in [6.45, 7) is 7.49. The van der Waals surface area contributed by atoms with Crippen LogP contribution in [0.25, 0.3) is 0 Å². The van der Waals surface area contributed by atoms with Crippen molar-refractivity contribution in [1.29, 1.82) is 0 Å². The van der Waals surface area contributed by atoms with Crippen molar-refractivity contribution >= 4 is 21.6 Å². The van der Waals surface area contributed by atoms with Gasteiger partial charge < -0.3 is 16.0 Å². The van der Waals surface area contributed by atoms with E-state index < -0.39 is 15.9 Å². The minimum atomic E-state index is -3.30. The maximum absolute atomic E-state index is 12.3. The van der Waals surface area contributed by atoms with E-state index in [-0.39, 0.29) is 11.9 Å². The third-order valence-corrected chi connectivity index (χ3v) is 6.50. The van der Waals surface area contributed by atoms with Gasteiger partial charge in [0.1, 0.15) is 5.84 Å². The van der Waals surface area contributed by atoms with Crippen molar-refractivity contribution in [2.75, 3.05) is 19.8 Å². The van der Waals surface area contributed by atoms with E-state index in [2.05, 4.69) is 11.4 Å². The Morgan fingerprint density at radius 3 is 2.67 bits per heavy atom. The summed E-state index contributed by atoms with van der Waals surface area (Å²) in [6.07, 6.45) is 11.5. The zero-order valence-electron chi connectivity index (χ0n) is 18.6. The first-order chi connectivity index (χ1) is 13.9. The minimum Gasteiger partial charge on any atom is -0.356 e. The van der Waals surface area contributed by atoms with E-state index >= 15 is 0 Å². The molecule has 2 aliphatic rings. The predicted octanol–water partition coefficient (Wildman–Crippen LogP) is 2.22. The van der Waals surface area contributed by atoms with Crippen molar-refractivity contribution in [1.82, 2.24) is 10.2 Å². The van der Waals surface area contributed by atoms with E-state index in [9.17, 15) is 13.2 Å². The molecule has 0 saturated heterocycles. The van der Waals surface area contributed by atoms with Gasteiger partial charge in [-0.25, -0.2) is 8.42 Å². The van der Waals surface area contributed by atoms with E-state index in [1.165, 1.54) is 6.26 Å². The second-order valence-electron chi connectivity index (χ2n) is 7.83. The highest BCUT2D eigenvalue weighted by Crippen LogP contribution is 2.29. The summed E-state index contributed by atoms with van der Waals surface area (Å²) in [5.74, 6) is 0.410. The van der Waals surface area contributed by atoms with E-state index in [0.29, 0.717) is 28.6 Å². The summed E-state index contributed by atoms with van der Waals surface area (Å²) in [5.41, 5.74) is 9.19. The molecule has 0 fully saturated rings. The zero-order chi connectivity index (χ0) is 22.6. The molecule has 1 heterocycles. The van der Waals surface area contributed by atoms with Crippen LogP contribution in [0.2, 0.25) is 0 Å². The number of nitrogens with one attached hydrogen (secondary N) is 1. The molecule has 0 aromatic heterocycles. The number of amides is 1. The summed E-state index contributed by atoms with van der Waals surface area (Å²) in [6, 6.07) is -0.739. The maximum atomic E-state index is 12.3. The normalized spacial score (nSPS) is 21.0. The Bertz CT molecular complexity index is 995. The molecule has 164 valence electrons. The van der Waals surface area contributed by atoms with Crippen molar-refractivity contribution in [3.05, 3.63) is 57.7 Å². The van der Waals surface area contributed by atoms with Crippen molar-refractivity contribution in [2.45, 2.75) is 46.2 Å². The first-order valence-corrected chi connectivity index (χ1v) is 11.8. The molecule has 8 heteroatoms. The Morgan fingerprint density at radius 2 is 2.10 bits per heavy atom. The van der Waals surface area contributed by atoms with Crippen molar-refractivity contribution in [3.63, 3.8) is 0 Å². The fourth-order valence-corrected chi connectivity index (χ4v) is 3.84. The van der Waals surface area contributed by atoms with Crippen molar-refractivity contribution in [3.8, 4) is 0 Å². The van der Waals surface area contributed by atoms with Gasteiger partial charge in [-0.15, -0.1) is 0 Å². The quantitative estimate of drug-likeness (QED) is 0.626. The van der Waals surface area contributed by atoms with Crippen LogP contribution in [0.4, 0.5) is 0 Å². The van der Waals surface area contributed by atoms with Crippen LogP contribution in [0.5, 0.6) is 0 Å². The molecule has 2 atom stereocenters. The summed E-state index contributed by atoms with van der Waals surface area (Å²) >= 11 is 0. The number of carbonyl (C=O) groups excluding carboxylic acids is 1. The number of hydrogen-bond donors (Lipinski definition) is 2. The Balaban J connectivity index is 2.41. The number of aliphatic imine (C=N–C) groups is 1. The molecule has 1 aliphatic carbocycles. The molecule has 7 nitrogen and oxygen atoms in total. The number of hydrogen-bond acceptors (Lipinski definition) is 6. The average molecular weight is 433 g/mol. The first-order valence-electron chi connectivity index (χ1n) is 9.92. The van der Waals surface area contributed by atoms with E-state index in [1.807, 2.05) is 44.0 Å². The zero-order valence-corrected chi connectivity index (χ0v) is 19.4. The highest BCUT2D eigenvalue weighted by Gasteiger charge is 2.27. The Kier molecular flexibility index (Phi) is 7.60. The smallest absolute Gasteiger partial charge is 0.241 e. The van der Waals surface area contributed by atoms with Crippen LogP contribution in [0.1, 0.15) is 34.1 Å². The third kappa shape index (κ3) is 5.79. The molecular formula is C22H32N4O3S. The van der Waals surface area contributed by atoms with Crippen LogP contribution in [0.15, 0.2) is 62.7 Å². The summed E-state index contributed by atoms with van der Waals surface area (Å²) in [7, 11) is -1.44. The molecule has 30 heavy (non-hydrogen) atoms. The number of rotatable bonds is 6. The van der Waals surface area contributed by atoms with E-state index in [1.54, 1.807) is 19.9 Å². The SMILES string of the molecule is CC=CC(CN(C)C1=NC2CC=C(C)C=C2C(NC(=O)C(C)N)=C1)=C(C)S(C)(=O)=O. The molecule has 0 aromatic rings. The molecule has 0 spiro atoms. The van der Waals surface area contributed by atoms with Gasteiger partial charge in [-0.1, -0.05) is 29.9 Å². The maximum Gasteiger partial charge on any atom is 0.241 e. The fourth-order valence-electron chi connectivity index (χ4n) is 3.23. The lowest BCUT2D eigenvalue weighted by Crippen LogP contribution is -2.41. The van der Waals surface area contributed by atoms with Crippen LogP contribution in [0.3, 0.4) is 0 Å². The van der Waals surface area contributed by atoms with Crippen LogP contribution in [0, 0.1) is 0 Å². The molecule has 3 N–H and O–H groups in total. The summed E-state index contributed by atoms with van der Waals surface area (Å²) in [5, 5.41) is 2.92. The highest BCUT2D eigenvalue weighted by atomic mass is 32.2. The Morgan fingerprint density at radius 1 is 1.43 bits per heavy atom. The minimum absolute atomic E-state index is 0.107. The molecular weight excluding hydrogens is 400 g/mol. The Labute approximate surface area is 179 Å². The predicted molar refractivity (Wildman–Crippen MR) is 123 cm³/mol.